The molecular weight excluding hydrogens is 350 g/mol. The fraction of sp³-hybridized carbons (Fsp3) is 0.316. The maximum atomic E-state index is 12.8. The number of hydrogen-bond donors (Lipinski definition) is 1. The maximum absolute atomic E-state index is 12.8. The van der Waals surface area contributed by atoms with Crippen molar-refractivity contribution in [2.75, 3.05) is 12.4 Å². The van der Waals surface area contributed by atoms with E-state index in [-0.39, 0.29) is 11.5 Å². The normalized spacial score (nSPS) is 13.8. The Balaban J connectivity index is 1.66. The number of benzene rings is 1. The summed E-state index contributed by atoms with van der Waals surface area (Å²) in [5.41, 5.74) is 1.56. The molecule has 2 heterocycles. The van der Waals surface area contributed by atoms with Crippen LogP contribution in [0.4, 0.5) is 5.69 Å². The van der Waals surface area contributed by atoms with Crippen LogP contribution in [0, 0.1) is 12.8 Å². The number of aromatic nitrogens is 2. The highest BCUT2D eigenvalue weighted by Gasteiger charge is 2.24. The van der Waals surface area contributed by atoms with Gasteiger partial charge >= 0.3 is 0 Å². The van der Waals surface area contributed by atoms with Crippen molar-refractivity contribution in [3.05, 3.63) is 51.4 Å². The summed E-state index contributed by atoms with van der Waals surface area (Å²) in [5.74, 6) is 1.05. The molecule has 0 bridgehead atoms. The second kappa shape index (κ2) is 6.57. The number of rotatable bonds is 5. The molecular formula is C19H19N3O3S. The van der Waals surface area contributed by atoms with Crippen LogP contribution >= 0.6 is 11.3 Å². The number of carbonyl (C=O) groups is 1. The highest BCUT2D eigenvalue weighted by Crippen LogP contribution is 2.31. The number of anilines is 1. The van der Waals surface area contributed by atoms with Crippen molar-refractivity contribution in [1.82, 2.24) is 9.55 Å². The molecule has 4 rings (SSSR count). The van der Waals surface area contributed by atoms with Gasteiger partial charge < -0.3 is 10.1 Å². The number of thiophene rings is 1. The van der Waals surface area contributed by atoms with Crippen molar-refractivity contribution in [2.45, 2.75) is 26.3 Å². The summed E-state index contributed by atoms with van der Waals surface area (Å²) in [6, 6.07) is 7.11. The summed E-state index contributed by atoms with van der Waals surface area (Å²) in [5, 5.41) is 2.87. The van der Waals surface area contributed by atoms with E-state index in [1.807, 2.05) is 6.92 Å². The molecule has 2 aromatic heterocycles. The van der Waals surface area contributed by atoms with Gasteiger partial charge in [-0.2, -0.15) is 0 Å². The Kier molecular flexibility index (Phi) is 4.24. The van der Waals surface area contributed by atoms with E-state index in [0.29, 0.717) is 33.9 Å². The molecule has 1 aliphatic carbocycles. The van der Waals surface area contributed by atoms with Gasteiger partial charge in [0.05, 0.1) is 19.0 Å². The van der Waals surface area contributed by atoms with E-state index < -0.39 is 0 Å². The molecule has 1 saturated carbocycles. The second-order valence-electron chi connectivity index (χ2n) is 6.54. The SMILES string of the molecule is COc1ccc(NC(=O)c2c(C)sc3c(=O)n(CC4CC4)cnc23)cc1. The molecule has 3 aromatic rings. The Morgan fingerprint density at radius 2 is 2.08 bits per heavy atom. The van der Waals surface area contributed by atoms with Crippen molar-refractivity contribution in [3.63, 3.8) is 0 Å². The molecule has 1 amide bonds. The zero-order valence-electron chi connectivity index (χ0n) is 14.6. The number of fused-ring (bicyclic) bond motifs is 1. The Hall–Kier alpha value is -2.67. The smallest absolute Gasteiger partial charge is 0.271 e. The van der Waals surface area contributed by atoms with Gasteiger partial charge in [0.2, 0.25) is 0 Å². The lowest BCUT2D eigenvalue weighted by Crippen LogP contribution is -2.21. The average molecular weight is 369 g/mol. The van der Waals surface area contributed by atoms with Crippen LogP contribution in [-0.2, 0) is 6.54 Å². The van der Waals surface area contributed by atoms with Crippen LogP contribution in [0.3, 0.4) is 0 Å². The summed E-state index contributed by atoms with van der Waals surface area (Å²) < 4.78 is 7.34. The number of aryl methyl sites for hydroxylation is 1. The molecule has 6 nitrogen and oxygen atoms in total. The topological polar surface area (TPSA) is 73.2 Å². The molecule has 26 heavy (non-hydrogen) atoms. The first-order valence-corrected chi connectivity index (χ1v) is 9.32. The van der Waals surface area contributed by atoms with E-state index in [9.17, 15) is 9.59 Å². The van der Waals surface area contributed by atoms with E-state index in [1.165, 1.54) is 24.2 Å². The molecule has 1 aromatic carbocycles. The third-order valence-electron chi connectivity index (χ3n) is 4.57. The standard InChI is InChI=1S/C19H19N3O3S/c1-11-15(18(23)21-13-5-7-14(25-2)8-6-13)16-17(26-11)19(24)22(10-20-16)9-12-3-4-12/h5-8,10,12H,3-4,9H2,1-2H3,(H,21,23). The van der Waals surface area contributed by atoms with Crippen molar-refractivity contribution in [1.29, 1.82) is 0 Å². The summed E-state index contributed by atoms with van der Waals surface area (Å²) in [7, 11) is 1.59. The molecule has 1 N–H and O–H groups in total. The van der Waals surface area contributed by atoms with Crippen LogP contribution < -0.4 is 15.6 Å². The largest absolute Gasteiger partial charge is 0.497 e. The van der Waals surface area contributed by atoms with Gasteiger partial charge in [0.1, 0.15) is 16.0 Å². The molecule has 7 heteroatoms. The molecule has 0 spiro atoms. The molecule has 0 aliphatic heterocycles. The molecule has 0 saturated heterocycles. The van der Waals surface area contributed by atoms with E-state index in [4.69, 9.17) is 4.74 Å². The van der Waals surface area contributed by atoms with E-state index in [1.54, 1.807) is 42.3 Å². The summed E-state index contributed by atoms with van der Waals surface area (Å²) in [6.45, 7) is 2.56. The zero-order chi connectivity index (χ0) is 18.3. The van der Waals surface area contributed by atoms with Crippen LogP contribution in [0.15, 0.2) is 35.4 Å². The van der Waals surface area contributed by atoms with Gasteiger partial charge in [-0.15, -0.1) is 11.3 Å². The van der Waals surface area contributed by atoms with Gasteiger partial charge in [0.15, 0.2) is 0 Å². The third-order valence-corrected chi connectivity index (χ3v) is 5.65. The van der Waals surface area contributed by atoms with Gasteiger partial charge in [0.25, 0.3) is 11.5 Å². The second-order valence-corrected chi connectivity index (χ2v) is 7.76. The quantitative estimate of drug-likeness (QED) is 0.748. The van der Waals surface area contributed by atoms with Crippen molar-refractivity contribution in [2.24, 2.45) is 5.92 Å². The lowest BCUT2D eigenvalue weighted by molar-refractivity contribution is 0.102. The predicted molar refractivity (Wildman–Crippen MR) is 102 cm³/mol. The fourth-order valence-corrected chi connectivity index (χ4v) is 4.01. The van der Waals surface area contributed by atoms with Gasteiger partial charge in [-0.3, -0.25) is 14.2 Å². The van der Waals surface area contributed by atoms with Gasteiger partial charge in [-0.05, 0) is 49.9 Å². The minimum absolute atomic E-state index is 0.0569. The molecule has 1 fully saturated rings. The van der Waals surface area contributed by atoms with Crippen molar-refractivity contribution in [3.8, 4) is 5.75 Å². The summed E-state index contributed by atoms with van der Waals surface area (Å²) in [6.07, 6.45) is 3.91. The number of hydrogen-bond acceptors (Lipinski definition) is 5. The molecule has 0 radical (unpaired) electrons. The maximum Gasteiger partial charge on any atom is 0.271 e. The zero-order valence-corrected chi connectivity index (χ0v) is 15.4. The van der Waals surface area contributed by atoms with Crippen LogP contribution in [-0.4, -0.2) is 22.6 Å². The van der Waals surface area contributed by atoms with Crippen LogP contribution in [0.5, 0.6) is 5.75 Å². The predicted octanol–water partition coefficient (Wildman–Crippen LogP) is 3.44. The molecule has 1 aliphatic rings. The minimum Gasteiger partial charge on any atom is -0.497 e. The number of nitrogens with one attached hydrogen (secondary N) is 1. The average Bonchev–Trinajstić information content (AvgIpc) is 3.38. The lowest BCUT2D eigenvalue weighted by Gasteiger charge is -2.07. The van der Waals surface area contributed by atoms with Crippen LogP contribution in [0.25, 0.3) is 10.2 Å². The van der Waals surface area contributed by atoms with Gasteiger partial charge in [-0.1, -0.05) is 0 Å². The van der Waals surface area contributed by atoms with E-state index >= 15 is 0 Å². The lowest BCUT2D eigenvalue weighted by atomic mass is 10.2. The third kappa shape index (κ3) is 3.10. The molecule has 0 unspecified atom stereocenters. The van der Waals surface area contributed by atoms with Crippen molar-refractivity contribution >= 4 is 33.1 Å². The Morgan fingerprint density at radius 3 is 2.73 bits per heavy atom. The Bertz CT molecular complexity index is 1030. The highest BCUT2D eigenvalue weighted by molar-refractivity contribution is 7.19. The first-order chi connectivity index (χ1) is 12.6. The Morgan fingerprint density at radius 1 is 1.35 bits per heavy atom. The first kappa shape index (κ1) is 16.8. The van der Waals surface area contributed by atoms with E-state index in [2.05, 4.69) is 10.3 Å². The van der Waals surface area contributed by atoms with E-state index in [0.717, 1.165) is 10.6 Å². The summed E-state index contributed by atoms with van der Waals surface area (Å²) in [4.78, 5) is 30.7. The highest BCUT2D eigenvalue weighted by atomic mass is 32.1. The number of ether oxygens (including phenoxy) is 1. The summed E-state index contributed by atoms with van der Waals surface area (Å²) >= 11 is 1.34. The molecule has 0 atom stereocenters. The number of methoxy groups -OCH3 is 1. The molecule has 134 valence electrons. The number of amides is 1. The first-order valence-electron chi connectivity index (χ1n) is 8.50. The van der Waals surface area contributed by atoms with Gasteiger partial charge in [0, 0.05) is 17.1 Å². The fourth-order valence-electron chi connectivity index (χ4n) is 2.96. The van der Waals surface area contributed by atoms with Gasteiger partial charge in [-0.25, -0.2) is 4.98 Å². The van der Waals surface area contributed by atoms with Crippen molar-refractivity contribution < 1.29 is 9.53 Å². The number of nitrogens with zero attached hydrogens (tertiary/aromatic N) is 2. The minimum atomic E-state index is -0.259. The monoisotopic (exact) mass is 369 g/mol. The van der Waals surface area contributed by atoms with Crippen LogP contribution in [0.2, 0.25) is 0 Å². The Labute approximate surface area is 154 Å². The number of carbonyl (C=O) groups excluding carboxylic acids is 1. The van der Waals surface area contributed by atoms with Crippen LogP contribution in [0.1, 0.15) is 28.1 Å².